The standard InChI is InChI=1S/C11H15BrO2/c1-2-14-11(13)9-7-5-3-4-6-8-10-12/h6,8H,2,4,7,9-10H2,1H3/b8-6-. The highest BCUT2D eigenvalue weighted by atomic mass is 79.9. The summed E-state index contributed by atoms with van der Waals surface area (Å²) < 4.78 is 4.76. The molecular weight excluding hydrogens is 244 g/mol. The average Bonchev–Trinajstić information content (AvgIpc) is 2.17. The average molecular weight is 259 g/mol. The van der Waals surface area contributed by atoms with Gasteiger partial charge in [0.2, 0.25) is 0 Å². The highest BCUT2D eigenvalue weighted by Crippen LogP contribution is 1.91. The molecule has 0 aromatic carbocycles. The lowest BCUT2D eigenvalue weighted by atomic mass is 10.3. The van der Waals surface area contributed by atoms with Gasteiger partial charge < -0.3 is 4.74 Å². The molecule has 0 spiro atoms. The molecule has 0 N–H and O–H groups in total. The first-order valence-electron chi connectivity index (χ1n) is 4.63. The SMILES string of the molecule is CCOC(=O)CCC#CC/C=C\CBr. The van der Waals surface area contributed by atoms with E-state index in [4.69, 9.17) is 4.74 Å². The molecule has 0 bridgehead atoms. The molecule has 0 rings (SSSR count). The van der Waals surface area contributed by atoms with Crippen LogP contribution in [0.1, 0.15) is 26.2 Å². The number of carbonyl (C=O) groups excluding carboxylic acids is 1. The van der Waals surface area contributed by atoms with Crippen LogP contribution in [0.5, 0.6) is 0 Å². The summed E-state index contributed by atoms with van der Waals surface area (Å²) in [6.45, 7) is 2.24. The summed E-state index contributed by atoms with van der Waals surface area (Å²) >= 11 is 3.27. The third kappa shape index (κ3) is 9.34. The van der Waals surface area contributed by atoms with E-state index in [1.165, 1.54) is 0 Å². The van der Waals surface area contributed by atoms with E-state index in [1.54, 1.807) is 6.92 Å². The van der Waals surface area contributed by atoms with Crippen LogP contribution in [0.25, 0.3) is 0 Å². The molecule has 0 radical (unpaired) electrons. The predicted octanol–water partition coefficient (Wildman–Crippen LogP) is 2.67. The summed E-state index contributed by atoms with van der Waals surface area (Å²) in [6.07, 6.45) is 5.71. The van der Waals surface area contributed by atoms with Crippen molar-refractivity contribution in [2.24, 2.45) is 0 Å². The Morgan fingerprint density at radius 1 is 1.43 bits per heavy atom. The Morgan fingerprint density at radius 3 is 2.86 bits per heavy atom. The van der Waals surface area contributed by atoms with Crippen molar-refractivity contribution in [2.75, 3.05) is 11.9 Å². The number of allylic oxidation sites excluding steroid dienone is 2. The highest BCUT2D eigenvalue weighted by Gasteiger charge is 1.97. The van der Waals surface area contributed by atoms with E-state index in [1.807, 2.05) is 12.2 Å². The van der Waals surface area contributed by atoms with Gasteiger partial charge in [0.25, 0.3) is 0 Å². The molecule has 14 heavy (non-hydrogen) atoms. The van der Waals surface area contributed by atoms with E-state index in [0.717, 1.165) is 11.8 Å². The van der Waals surface area contributed by atoms with Gasteiger partial charge in [-0.25, -0.2) is 0 Å². The zero-order valence-corrected chi connectivity index (χ0v) is 9.97. The lowest BCUT2D eigenvalue weighted by molar-refractivity contribution is -0.142. The summed E-state index contributed by atoms with van der Waals surface area (Å²) in [5.41, 5.74) is 0. The lowest BCUT2D eigenvalue weighted by Gasteiger charge is -1.96. The van der Waals surface area contributed by atoms with Crippen LogP contribution in [0.15, 0.2) is 12.2 Å². The second kappa shape index (κ2) is 10.3. The maximum absolute atomic E-state index is 10.9. The fourth-order valence-electron chi connectivity index (χ4n) is 0.764. The summed E-state index contributed by atoms with van der Waals surface area (Å²) in [6, 6.07) is 0. The monoisotopic (exact) mass is 258 g/mol. The van der Waals surface area contributed by atoms with Crippen LogP contribution in [0.2, 0.25) is 0 Å². The second-order valence-corrected chi connectivity index (χ2v) is 3.14. The van der Waals surface area contributed by atoms with Crippen molar-refractivity contribution in [3.63, 3.8) is 0 Å². The van der Waals surface area contributed by atoms with Crippen molar-refractivity contribution in [1.82, 2.24) is 0 Å². The fourth-order valence-corrected chi connectivity index (χ4v) is 1.03. The molecule has 0 saturated heterocycles. The van der Waals surface area contributed by atoms with Crippen molar-refractivity contribution >= 4 is 21.9 Å². The molecular formula is C11H15BrO2. The Balaban J connectivity index is 3.42. The van der Waals surface area contributed by atoms with Crippen molar-refractivity contribution in [1.29, 1.82) is 0 Å². The van der Waals surface area contributed by atoms with Crippen LogP contribution in [-0.2, 0) is 9.53 Å². The minimum Gasteiger partial charge on any atom is -0.466 e. The van der Waals surface area contributed by atoms with Crippen molar-refractivity contribution < 1.29 is 9.53 Å². The molecule has 0 aromatic rings. The molecule has 0 saturated carbocycles. The van der Waals surface area contributed by atoms with E-state index in [2.05, 4.69) is 27.8 Å². The van der Waals surface area contributed by atoms with Gasteiger partial charge in [0.1, 0.15) is 0 Å². The summed E-state index contributed by atoms with van der Waals surface area (Å²) in [7, 11) is 0. The third-order valence-corrected chi connectivity index (χ3v) is 1.73. The molecule has 0 atom stereocenters. The van der Waals surface area contributed by atoms with Crippen LogP contribution in [0.3, 0.4) is 0 Å². The van der Waals surface area contributed by atoms with E-state index >= 15 is 0 Å². The molecule has 0 aromatic heterocycles. The molecule has 0 amide bonds. The predicted molar refractivity (Wildman–Crippen MR) is 61.2 cm³/mol. The van der Waals surface area contributed by atoms with Gasteiger partial charge in [0.05, 0.1) is 13.0 Å². The van der Waals surface area contributed by atoms with Gasteiger partial charge in [0.15, 0.2) is 0 Å². The maximum atomic E-state index is 10.9. The van der Waals surface area contributed by atoms with Crippen LogP contribution >= 0.6 is 15.9 Å². The molecule has 0 aliphatic rings. The number of hydrogen-bond acceptors (Lipinski definition) is 2. The molecule has 0 unspecified atom stereocenters. The summed E-state index contributed by atoms with van der Waals surface area (Å²) in [5.74, 6) is 5.70. The van der Waals surface area contributed by atoms with E-state index in [0.29, 0.717) is 19.4 Å². The Kier molecular flexibility index (Phi) is 9.78. The number of alkyl halides is 1. The van der Waals surface area contributed by atoms with E-state index < -0.39 is 0 Å². The third-order valence-electron chi connectivity index (χ3n) is 1.36. The van der Waals surface area contributed by atoms with Crippen LogP contribution < -0.4 is 0 Å². The van der Waals surface area contributed by atoms with Crippen LogP contribution in [0, 0.1) is 11.8 Å². The largest absolute Gasteiger partial charge is 0.466 e. The molecule has 78 valence electrons. The first-order chi connectivity index (χ1) is 6.81. The number of carbonyl (C=O) groups is 1. The smallest absolute Gasteiger partial charge is 0.306 e. The Labute approximate surface area is 93.8 Å². The molecule has 0 aliphatic heterocycles. The van der Waals surface area contributed by atoms with Gasteiger partial charge in [-0.3, -0.25) is 4.79 Å². The van der Waals surface area contributed by atoms with E-state index in [9.17, 15) is 4.79 Å². The number of esters is 1. The van der Waals surface area contributed by atoms with Gasteiger partial charge >= 0.3 is 5.97 Å². The van der Waals surface area contributed by atoms with Crippen molar-refractivity contribution in [3.8, 4) is 11.8 Å². The van der Waals surface area contributed by atoms with Crippen LogP contribution in [0.4, 0.5) is 0 Å². The number of rotatable bonds is 5. The molecule has 2 nitrogen and oxygen atoms in total. The van der Waals surface area contributed by atoms with Gasteiger partial charge in [-0.1, -0.05) is 34.0 Å². The first kappa shape index (κ1) is 13.2. The Bertz CT molecular complexity index is 235. The lowest BCUT2D eigenvalue weighted by Crippen LogP contribution is -2.02. The quantitative estimate of drug-likeness (QED) is 0.328. The number of ether oxygens (including phenoxy) is 1. The molecule has 0 aliphatic carbocycles. The number of halogens is 1. The molecule has 0 fully saturated rings. The molecule has 3 heteroatoms. The fraction of sp³-hybridized carbons (Fsp3) is 0.545. The minimum atomic E-state index is -0.169. The van der Waals surface area contributed by atoms with Crippen molar-refractivity contribution in [3.05, 3.63) is 12.2 Å². The first-order valence-corrected chi connectivity index (χ1v) is 5.75. The molecule has 0 heterocycles. The normalized spacial score (nSPS) is 9.57. The minimum absolute atomic E-state index is 0.169. The van der Waals surface area contributed by atoms with Gasteiger partial charge in [-0.15, -0.1) is 5.92 Å². The maximum Gasteiger partial charge on any atom is 0.306 e. The zero-order chi connectivity index (χ0) is 10.6. The van der Waals surface area contributed by atoms with E-state index in [-0.39, 0.29) is 5.97 Å². The summed E-state index contributed by atoms with van der Waals surface area (Å²) in [5, 5.41) is 0.859. The van der Waals surface area contributed by atoms with Crippen molar-refractivity contribution in [2.45, 2.75) is 26.2 Å². The van der Waals surface area contributed by atoms with Gasteiger partial charge in [-0.2, -0.15) is 0 Å². The van der Waals surface area contributed by atoms with Crippen LogP contribution in [-0.4, -0.2) is 17.9 Å². The van der Waals surface area contributed by atoms with Gasteiger partial charge in [-0.05, 0) is 6.92 Å². The summed E-state index contributed by atoms with van der Waals surface area (Å²) in [4.78, 5) is 10.9. The number of hydrogen-bond donors (Lipinski definition) is 0. The zero-order valence-electron chi connectivity index (χ0n) is 8.38. The van der Waals surface area contributed by atoms with Gasteiger partial charge in [0, 0.05) is 18.2 Å². The Hall–Kier alpha value is -0.750. The second-order valence-electron chi connectivity index (χ2n) is 2.49. The highest BCUT2D eigenvalue weighted by molar-refractivity contribution is 9.09. The topological polar surface area (TPSA) is 26.3 Å². The Morgan fingerprint density at radius 2 is 2.21 bits per heavy atom.